The molecule has 0 aliphatic carbocycles. The number of rotatable bonds is 2. The number of nitriles is 1. The van der Waals surface area contributed by atoms with Crippen molar-refractivity contribution in [3.63, 3.8) is 0 Å². The molecule has 90 valence electrons. The highest BCUT2D eigenvalue weighted by Gasteiger charge is 2.27. The predicted octanol–water partition coefficient (Wildman–Crippen LogP) is 2.14. The lowest BCUT2D eigenvalue weighted by molar-refractivity contribution is 0.282. The summed E-state index contributed by atoms with van der Waals surface area (Å²) in [5.41, 5.74) is 2.46. The van der Waals surface area contributed by atoms with Gasteiger partial charge in [-0.2, -0.15) is 5.26 Å². The zero-order chi connectivity index (χ0) is 12.4. The van der Waals surface area contributed by atoms with E-state index in [1.54, 1.807) is 6.07 Å². The summed E-state index contributed by atoms with van der Waals surface area (Å²) >= 11 is 0. The summed E-state index contributed by atoms with van der Waals surface area (Å²) in [4.78, 5) is 2.27. The average molecular weight is 230 g/mol. The lowest BCUT2D eigenvalue weighted by Crippen LogP contribution is -2.20. The number of aliphatic hydroxyl groups excluding tert-OH is 1. The van der Waals surface area contributed by atoms with Gasteiger partial charge >= 0.3 is 0 Å². The molecule has 3 nitrogen and oxygen atoms in total. The topological polar surface area (TPSA) is 47.3 Å². The second-order valence-corrected chi connectivity index (χ2v) is 4.98. The van der Waals surface area contributed by atoms with Crippen LogP contribution in [0.15, 0.2) is 18.2 Å². The summed E-state index contributed by atoms with van der Waals surface area (Å²) in [5.74, 6) is 1.33. The van der Waals surface area contributed by atoms with Gasteiger partial charge in [-0.1, -0.05) is 19.9 Å². The van der Waals surface area contributed by atoms with Crippen LogP contribution in [0.25, 0.3) is 0 Å². The standard InChI is InChI=1S/C14H18N2O/c1-10-7-16(8-11(10)2)14-4-3-12(9-17)5-13(14)6-15/h3-5,10-11,17H,7-9H2,1-2H3. The van der Waals surface area contributed by atoms with Crippen LogP contribution in [0.2, 0.25) is 0 Å². The molecule has 1 aliphatic heterocycles. The van der Waals surface area contributed by atoms with Crippen LogP contribution in [0.4, 0.5) is 5.69 Å². The summed E-state index contributed by atoms with van der Waals surface area (Å²) in [7, 11) is 0. The first-order chi connectivity index (χ1) is 8.15. The number of hydrogen-bond donors (Lipinski definition) is 1. The fourth-order valence-corrected chi connectivity index (χ4v) is 2.37. The Bertz CT molecular complexity index is 440. The SMILES string of the molecule is CC1CN(c2ccc(CO)cc2C#N)CC1C. The minimum Gasteiger partial charge on any atom is -0.392 e. The molecule has 2 atom stereocenters. The maximum absolute atomic E-state index is 9.17. The first-order valence-electron chi connectivity index (χ1n) is 6.04. The van der Waals surface area contributed by atoms with Gasteiger partial charge in [0, 0.05) is 13.1 Å². The monoisotopic (exact) mass is 230 g/mol. The quantitative estimate of drug-likeness (QED) is 0.846. The fraction of sp³-hybridized carbons (Fsp3) is 0.500. The predicted molar refractivity (Wildman–Crippen MR) is 67.6 cm³/mol. The molecule has 1 aromatic rings. The van der Waals surface area contributed by atoms with Crippen molar-refractivity contribution in [1.82, 2.24) is 0 Å². The van der Waals surface area contributed by atoms with Gasteiger partial charge in [-0.25, -0.2) is 0 Å². The molecule has 0 bridgehead atoms. The molecule has 1 aliphatic rings. The van der Waals surface area contributed by atoms with Gasteiger partial charge in [0.25, 0.3) is 0 Å². The summed E-state index contributed by atoms with van der Waals surface area (Å²) in [5, 5.41) is 18.2. The van der Waals surface area contributed by atoms with Crippen LogP contribution in [0.1, 0.15) is 25.0 Å². The van der Waals surface area contributed by atoms with Gasteiger partial charge in [-0.15, -0.1) is 0 Å². The Hall–Kier alpha value is -1.53. The van der Waals surface area contributed by atoms with Crippen LogP contribution in [0.5, 0.6) is 0 Å². The average Bonchev–Trinajstić information content (AvgIpc) is 2.68. The Balaban J connectivity index is 2.30. The number of hydrogen-bond acceptors (Lipinski definition) is 3. The Morgan fingerprint density at radius 1 is 1.35 bits per heavy atom. The van der Waals surface area contributed by atoms with E-state index in [9.17, 15) is 5.26 Å². The molecule has 3 heteroatoms. The summed E-state index contributed by atoms with van der Waals surface area (Å²) < 4.78 is 0. The maximum Gasteiger partial charge on any atom is 0.101 e. The Morgan fingerprint density at radius 3 is 2.53 bits per heavy atom. The Morgan fingerprint density at radius 2 is 2.00 bits per heavy atom. The molecule has 0 aromatic heterocycles. The normalized spacial score (nSPS) is 23.8. The summed E-state index contributed by atoms with van der Waals surface area (Å²) in [6, 6.07) is 7.85. The van der Waals surface area contributed by atoms with Crippen molar-refractivity contribution in [3.8, 4) is 6.07 Å². The molecule has 1 aromatic carbocycles. The molecule has 1 saturated heterocycles. The second kappa shape index (κ2) is 4.77. The Kier molecular flexibility index (Phi) is 3.35. The molecule has 1 heterocycles. The molecule has 2 unspecified atom stereocenters. The second-order valence-electron chi connectivity index (χ2n) is 4.98. The molecule has 0 saturated carbocycles. The summed E-state index contributed by atoms with van der Waals surface area (Å²) in [6.07, 6.45) is 0. The van der Waals surface area contributed by atoms with Crippen LogP contribution < -0.4 is 4.90 Å². The highest BCUT2D eigenvalue weighted by Crippen LogP contribution is 2.30. The lowest BCUT2D eigenvalue weighted by Gasteiger charge is -2.20. The highest BCUT2D eigenvalue weighted by atomic mass is 16.3. The summed E-state index contributed by atoms with van der Waals surface area (Å²) in [6.45, 7) is 6.50. The van der Waals surface area contributed by atoms with Gasteiger partial charge in [0.05, 0.1) is 17.9 Å². The minimum absolute atomic E-state index is 0.0121. The minimum atomic E-state index is -0.0121. The van der Waals surface area contributed by atoms with Gasteiger partial charge in [-0.05, 0) is 29.5 Å². The van der Waals surface area contributed by atoms with Crippen LogP contribution in [0.3, 0.4) is 0 Å². The van der Waals surface area contributed by atoms with Crippen molar-refractivity contribution in [3.05, 3.63) is 29.3 Å². The first-order valence-corrected chi connectivity index (χ1v) is 6.04. The number of aliphatic hydroxyl groups is 1. The molecule has 17 heavy (non-hydrogen) atoms. The number of benzene rings is 1. The molecule has 0 radical (unpaired) electrons. The van der Waals surface area contributed by atoms with Crippen LogP contribution in [0, 0.1) is 23.2 Å². The van der Waals surface area contributed by atoms with E-state index in [2.05, 4.69) is 24.8 Å². The van der Waals surface area contributed by atoms with E-state index >= 15 is 0 Å². The van der Waals surface area contributed by atoms with Crippen molar-refractivity contribution in [2.45, 2.75) is 20.5 Å². The Labute approximate surface area is 102 Å². The fourth-order valence-electron chi connectivity index (χ4n) is 2.37. The van der Waals surface area contributed by atoms with Gasteiger partial charge in [-0.3, -0.25) is 0 Å². The van der Waals surface area contributed by atoms with Crippen molar-refractivity contribution >= 4 is 5.69 Å². The van der Waals surface area contributed by atoms with Gasteiger partial charge in [0.2, 0.25) is 0 Å². The molecular weight excluding hydrogens is 212 g/mol. The van der Waals surface area contributed by atoms with Crippen LogP contribution in [-0.2, 0) is 6.61 Å². The van der Waals surface area contributed by atoms with Crippen molar-refractivity contribution in [1.29, 1.82) is 5.26 Å². The van der Waals surface area contributed by atoms with Gasteiger partial charge in [0.15, 0.2) is 0 Å². The molecule has 0 spiro atoms. The van der Waals surface area contributed by atoms with Crippen LogP contribution >= 0.6 is 0 Å². The van der Waals surface area contributed by atoms with E-state index < -0.39 is 0 Å². The molecule has 1 fully saturated rings. The zero-order valence-corrected chi connectivity index (χ0v) is 10.3. The largest absolute Gasteiger partial charge is 0.392 e. The first kappa shape index (κ1) is 11.9. The highest BCUT2D eigenvalue weighted by molar-refractivity contribution is 5.61. The molecular formula is C14H18N2O. The van der Waals surface area contributed by atoms with E-state index in [0.717, 1.165) is 24.3 Å². The van der Waals surface area contributed by atoms with E-state index in [1.807, 2.05) is 12.1 Å². The third-order valence-electron chi connectivity index (χ3n) is 3.69. The van der Waals surface area contributed by atoms with E-state index in [-0.39, 0.29) is 6.61 Å². The third-order valence-corrected chi connectivity index (χ3v) is 3.69. The van der Waals surface area contributed by atoms with Gasteiger partial charge < -0.3 is 10.0 Å². The van der Waals surface area contributed by atoms with E-state index in [4.69, 9.17) is 5.11 Å². The van der Waals surface area contributed by atoms with Crippen molar-refractivity contribution < 1.29 is 5.11 Å². The lowest BCUT2D eigenvalue weighted by atomic mass is 10.0. The van der Waals surface area contributed by atoms with Crippen LogP contribution in [-0.4, -0.2) is 18.2 Å². The maximum atomic E-state index is 9.17. The molecule has 2 rings (SSSR count). The van der Waals surface area contributed by atoms with Crippen molar-refractivity contribution in [2.24, 2.45) is 11.8 Å². The number of nitrogens with zero attached hydrogens (tertiary/aromatic N) is 2. The van der Waals surface area contributed by atoms with E-state index in [0.29, 0.717) is 17.4 Å². The zero-order valence-electron chi connectivity index (χ0n) is 10.3. The number of anilines is 1. The molecule has 1 N–H and O–H groups in total. The van der Waals surface area contributed by atoms with Gasteiger partial charge in [0.1, 0.15) is 6.07 Å². The molecule has 0 amide bonds. The smallest absolute Gasteiger partial charge is 0.101 e. The van der Waals surface area contributed by atoms with Crippen molar-refractivity contribution in [2.75, 3.05) is 18.0 Å². The van der Waals surface area contributed by atoms with E-state index in [1.165, 1.54) is 0 Å². The third kappa shape index (κ3) is 2.27.